The standard InChI is InChI=1S/C18H23IO/c1-18-9-8-14-13-5-3-12(19)10-11(13)2-4-15(14)16(18)6-7-17(18)20/h3,5,10,14-17,20H,2,4,6-9H2,1H3/t14-,15-,16+,17+,18+/m1/s1. The second-order valence-electron chi connectivity index (χ2n) is 7.40. The van der Waals surface area contributed by atoms with Crippen LogP contribution in [-0.2, 0) is 6.42 Å². The van der Waals surface area contributed by atoms with Gasteiger partial charge < -0.3 is 5.11 Å². The van der Waals surface area contributed by atoms with Crippen molar-refractivity contribution in [1.82, 2.24) is 0 Å². The maximum atomic E-state index is 10.4. The van der Waals surface area contributed by atoms with Crippen LogP contribution in [0.4, 0.5) is 0 Å². The molecular formula is C18H23IO. The van der Waals surface area contributed by atoms with Gasteiger partial charge in [0, 0.05) is 3.57 Å². The molecule has 1 aromatic rings. The van der Waals surface area contributed by atoms with E-state index < -0.39 is 0 Å². The Bertz CT molecular complexity index is 540. The van der Waals surface area contributed by atoms with Crippen LogP contribution in [0.3, 0.4) is 0 Å². The fourth-order valence-electron chi connectivity index (χ4n) is 5.52. The molecule has 2 fully saturated rings. The van der Waals surface area contributed by atoms with Crippen molar-refractivity contribution < 1.29 is 5.11 Å². The maximum absolute atomic E-state index is 10.4. The molecule has 0 bridgehead atoms. The minimum atomic E-state index is -0.0495. The Morgan fingerprint density at radius 2 is 2.05 bits per heavy atom. The summed E-state index contributed by atoms with van der Waals surface area (Å²) in [6.07, 6.45) is 7.31. The van der Waals surface area contributed by atoms with Crippen LogP contribution in [0.25, 0.3) is 0 Å². The van der Waals surface area contributed by atoms with Crippen LogP contribution in [0.5, 0.6) is 0 Å². The fraction of sp³-hybridized carbons (Fsp3) is 0.667. The third-order valence-corrected chi connectivity index (χ3v) is 7.31. The smallest absolute Gasteiger partial charge is 0.0596 e. The SMILES string of the molecule is C[C@]12CC[C@@H]3c4ccc(I)cc4CC[C@H]3[C@@H]1CC[C@@H]2O. The Hall–Kier alpha value is -0.0900. The molecular weight excluding hydrogens is 359 g/mol. The molecule has 2 heteroatoms. The van der Waals surface area contributed by atoms with E-state index in [0.717, 1.165) is 24.2 Å². The van der Waals surface area contributed by atoms with E-state index in [-0.39, 0.29) is 11.5 Å². The van der Waals surface area contributed by atoms with Crippen molar-refractivity contribution in [2.45, 2.75) is 57.5 Å². The summed E-state index contributed by atoms with van der Waals surface area (Å²) in [6.45, 7) is 2.36. The van der Waals surface area contributed by atoms with Gasteiger partial charge in [-0.1, -0.05) is 13.0 Å². The van der Waals surface area contributed by atoms with Crippen molar-refractivity contribution in [3.05, 3.63) is 32.9 Å². The summed E-state index contributed by atoms with van der Waals surface area (Å²) in [6, 6.07) is 7.06. The third-order valence-electron chi connectivity index (χ3n) is 6.64. The highest BCUT2D eigenvalue weighted by atomic mass is 127. The first-order valence-corrected chi connectivity index (χ1v) is 9.14. The number of aryl methyl sites for hydroxylation is 1. The zero-order valence-corrected chi connectivity index (χ0v) is 14.3. The normalized spacial score (nSPS) is 42.8. The van der Waals surface area contributed by atoms with Crippen LogP contribution in [-0.4, -0.2) is 11.2 Å². The quantitative estimate of drug-likeness (QED) is 0.655. The monoisotopic (exact) mass is 382 g/mol. The number of rotatable bonds is 0. The molecule has 3 aliphatic rings. The lowest BCUT2D eigenvalue weighted by Gasteiger charge is -2.50. The highest BCUT2D eigenvalue weighted by Gasteiger charge is 2.54. The van der Waals surface area contributed by atoms with Crippen molar-refractivity contribution in [2.24, 2.45) is 17.3 Å². The van der Waals surface area contributed by atoms with Crippen LogP contribution in [0.15, 0.2) is 18.2 Å². The second-order valence-corrected chi connectivity index (χ2v) is 8.64. The molecule has 0 aliphatic heterocycles. The Balaban J connectivity index is 1.71. The predicted molar refractivity (Wildman–Crippen MR) is 89.8 cm³/mol. The molecule has 1 aromatic carbocycles. The lowest BCUT2D eigenvalue weighted by atomic mass is 9.55. The molecule has 0 heterocycles. The zero-order chi connectivity index (χ0) is 13.9. The van der Waals surface area contributed by atoms with E-state index >= 15 is 0 Å². The van der Waals surface area contributed by atoms with E-state index in [2.05, 4.69) is 47.7 Å². The topological polar surface area (TPSA) is 20.2 Å². The molecule has 0 aromatic heterocycles. The molecule has 5 atom stereocenters. The van der Waals surface area contributed by atoms with Crippen LogP contribution in [0.1, 0.15) is 56.1 Å². The molecule has 20 heavy (non-hydrogen) atoms. The van der Waals surface area contributed by atoms with E-state index in [1.807, 2.05) is 0 Å². The van der Waals surface area contributed by atoms with E-state index in [1.165, 1.54) is 35.7 Å². The first-order chi connectivity index (χ1) is 9.59. The number of halogens is 1. The van der Waals surface area contributed by atoms with Crippen LogP contribution < -0.4 is 0 Å². The summed E-state index contributed by atoms with van der Waals surface area (Å²) in [5.41, 5.74) is 3.44. The molecule has 4 rings (SSSR count). The molecule has 0 saturated heterocycles. The molecule has 1 N–H and O–H groups in total. The molecule has 0 spiro atoms. The molecule has 0 amide bonds. The second kappa shape index (κ2) is 4.70. The highest BCUT2D eigenvalue weighted by Crippen LogP contribution is 2.60. The van der Waals surface area contributed by atoms with Crippen molar-refractivity contribution in [3.8, 4) is 0 Å². The molecule has 2 saturated carbocycles. The Labute approximate surface area is 135 Å². The van der Waals surface area contributed by atoms with Gasteiger partial charge in [-0.2, -0.15) is 0 Å². The van der Waals surface area contributed by atoms with Gasteiger partial charge in [0.1, 0.15) is 0 Å². The predicted octanol–water partition coefficient (Wildman–Crippen LogP) is 4.51. The van der Waals surface area contributed by atoms with Crippen molar-refractivity contribution in [3.63, 3.8) is 0 Å². The number of hydrogen-bond acceptors (Lipinski definition) is 1. The van der Waals surface area contributed by atoms with Crippen LogP contribution in [0.2, 0.25) is 0 Å². The largest absolute Gasteiger partial charge is 0.393 e. The minimum Gasteiger partial charge on any atom is -0.393 e. The molecule has 0 radical (unpaired) electrons. The summed E-state index contributed by atoms with van der Waals surface area (Å²) in [4.78, 5) is 0. The number of fused-ring (bicyclic) bond motifs is 5. The van der Waals surface area contributed by atoms with Gasteiger partial charge in [0.2, 0.25) is 0 Å². The lowest BCUT2D eigenvalue weighted by molar-refractivity contribution is -0.0226. The van der Waals surface area contributed by atoms with Crippen LogP contribution >= 0.6 is 22.6 Å². The van der Waals surface area contributed by atoms with Gasteiger partial charge >= 0.3 is 0 Å². The van der Waals surface area contributed by atoms with Gasteiger partial charge in [0.25, 0.3) is 0 Å². The van der Waals surface area contributed by atoms with Crippen molar-refractivity contribution in [1.29, 1.82) is 0 Å². The first kappa shape index (κ1) is 13.6. The number of benzene rings is 1. The van der Waals surface area contributed by atoms with Gasteiger partial charge in [0.15, 0.2) is 0 Å². The summed E-state index contributed by atoms with van der Waals surface area (Å²) < 4.78 is 1.37. The van der Waals surface area contributed by atoms with E-state index in [1.54, 1.807) is 11.1 Å². The molecule has 108 valence electrons. The van der Waals surface area contributed by atoms with Gasteiger partial charge in [-0.25, -0.2) is 0 Å². The third kappa shape index (κ3) is 1.83. The number of hydrogen-bond donors (Lipinski definition) is 1. The van der Waals surface area contributed by atoms with Gasteiger partial charge in [-0.3, -0.25) is 0 Å². The van der Waals surface area contributed by atoms with Crippen LogP contribution in [0, 0.1) is 20.8 Å². The molecule has 0 unspecified atom stereocenters. The summed E-state index contributed by atoms with van der Waals surface area (Å²) >= 11 is 2.43. The lowest BCUT2D eigenvalue weighted by Crippen LogP contribution is -2.43. The number of aliphatic hydroxyl groups is 1. The van der Waals surface area contributed by atoms with Crippen molar-refractivity contribution in [2.75, 3.05) is 0 Å². The van der Waals surface area contributed by atoms with Gasteiger partial charge in [-0.05, 0) is 108 Å². The highest BCUT2D eigenvalue weighted by molar-refractivity contribution is 14.1. The van der Waals surface area contributed by atoms with Crippen molar-refractivity contribution >= 4 is 22.6 Å². The van der Waals surface area contributed by atoms with E-state index in [0.29, 0.717) is 0 Å². The Morgan fingerprint density at radius 1 is 1.20 bits per heavy atom. The molecule has 1 nitrogen and oxygen atoms in total. The average molecular weight is 382 g/mol. The zero-order valence-electron chi connectivity index (χ0n) is 12.1. The summed E-state index contributed by atoms with van der Waals surface area (Å²) in [7, 11) is 0. The summed E-state index contributed by atoms with van der Waals surface area (Å²) in [5, 5.41) is 10.4. The molecule has 3 aliphatic carbocycles. The minimum absolute atomic E-state index is 0.0495. The Morgan fingerprint density at radius 3 is 2.90 bits per heavy atom. The summed E-state index contributed by atoms with van der Waals surface area (Å²) in [5.74, 6) is 2.33. The van der Waals surface area contributed by atoms with E-state index in [4.69, 9.17) is 0 Å². The first-order valence-electron chi connectivity index (χ1n) is 8.06. The maximum Gasteiger partial charge on any atom is 0.0596 e. The fourth-order valence-corrected chi connectivity index (χ4v) is 6.08. The average Bonchev–Trinajstić information content (AvgIpc) is 2.74. The van der Waals surface area contributed by atoms with Gasteiger partial charge in [0.05, 0.1) is 6.10 Å². The Kier molecular flexibility index (Phi) is 3.19. The number of aliphatic hydroxyl groups excluding tert-OH is 1. The van der Waals surface area contributed by atoms with Gasteiger partial charge in [-0.15, -0.1) is 0 Å². The van der Waals surface area contributed by atoms with E-state index in [9.17, 15) is 5.11 Å².